The Kier molecular flexibility index (Phi) is 5.10. The average Bonchev–Trinajstić information content (AvgIpc) is 3.30. The van der Waals surface area contributed by atoms with Crippen LogP contribution in [-0.2, 0) is 23.6 Å². The van der Waals surface area contributed by atoms with Gasteiger partial charge in [0.25, 0.3) is 5.91 Å². The molecule has 0 radical (unpaired) electrons. The van der Waals surface area contributed by atoms with E-state index in [1.54, 1.807) is 36.1 Å². The van der Waals surface area contributed by atoms with Crippen LogP contribution in [0.2, 0.25) is 0 Å². The molecule has 1 aromatic carbocycles. The number of nitrogens with zero attached hydrogens (tertiary/aromatic N) is 3. The Morgan fingerprint density at radius 2 is 2.07 bits per heavy atom. The fourth-order valence-electron chi connectivity index (χ4n) is 2.57. The Labute approximate surface area is 155 Å². The molecule has 0 unspecified atom stereocenters. The van der Waals surface area contributed by atoms with Crippen molar-refractivity contribution >= 4 is 15.9 Å². The molecule has 3 rings (SSSR count). The van der Waals surface area contributed by atoms with Crippen LogP contribution in [0.4, 0.5) is 4.39 Å². The maximum atomic E-state index is 14.3. The molecule has 2 N–H and O–H groups in total. The van der Waals surface area contributed by atoms with E-state index in [-0.39, 0.29) is 17.1 Å². The molecule has 8 nitrogen and oxygen atoms in total. The molecule has 0 spiro atoms. The van der Waals surface area contributed by atoms with Gasteiger partial charge in [0.1, 0.15) is 16.4 Å². The van der Waals surface area contributed by atoms with Crippen molar-refractivity contribution in [3.05, 3.63) is 66.3 Å². The first-order chi connectivity index (χ1) is 12.8. The fraction of sp³-hybridized carbons (Fsp3) is 0.176. The van der Waals surface area contributed by atoms with Crippen molar-refractivity contribution in [1.82, 2.24) is 24.2 Å². The molecule has 0 saturated carbocycles. The third kappa shape index (κ3) is 3.91. The summed E-state index contributed by atoms with van der Waals surface area (Å²) < 4.78 is 43.1. The van der Waals surface area contributed by atoms with Gasteiger partial charge in [-0.3, -0.25) is 4.79 Å². The molecule has 0 aliphatic carbocycles. The standard InChI is InChI=1S/C17H18FN5O3S/c1-19-27(25,26)13-8-16(22(2)10-13)17(24)21-9-12-3-4-15(14(18)7-12)23-6-5-20-11-23/h3-8,10-11,19H,9H2,1-2H3,(H,21,24). The van der Waals surface area contributed by atoms with Gasteiger partial charge in [-0.1, -0.05) is 6.07 Å². The highest BCUT2D eigenvalue weighted by Gasteiger charge is 2.19. The molecule has 27 heavy (non-hydrogen) atoms. The van der Waals surface area contributed by atoms with E-state index in [9.17, 15) is 17.6 Å². The summed E-state index contributed by atoms with van der Waals surface area (Å²) >= 11 is 0. The van der Waals surface area contributed by atoms with Gasteiger partial charge in [0.15, 0.2) is 0 Å². The van der Waals surface area contributed by atoms with Gasteiger partial charge in [-0.15, -0.1) is 0 Å². The molecular weight excluding hydrogens is 373 g/mol. The van der Waals surface area contributed by atoms with Gasteiger partial charge >= 0.3 is 0 Å². The Morgan fingerprint density at radius 1 is 1.30 bits per heavy atom. The van der Waals surface area contributed by atoms with Gasteiger partial charge in [-0.05, 0) is 30.8 Å². The predicted molar refractivity (Wildman–Crippen MR) is 96.4 cm³/mol. The Morgan fingerprint density at radius 3 is 2.70 bits per heavy atom. The molecule has 2 aromatic heterocycles. The Balaban J connectivity index is 1.72. The molecule has 0 bridgehead atoms. The first kappa shape index (κ1) is 18.8. The van der Waals surface area contributed by atoms with E-state index in [2.05, 4.69) is 15.0 Å². The average molecular weight is 391 g/mol. The highest BCUT2D eigenvalue weighted by atomic mass is 32.2. The van der Waals surface area contributed by atoms with Crippen LogP contribution < -0.4 is 10.0 Å². The lowest BCUT2D eigenvalue weighted by Crippen LogP contribution is -2.24. The number of aryl methyl sites for hydroxylation is 1. The van der Waals surface area contributed by atoms with E-state index in [0.717, 1.165) is 0 Å². The SMILES string of the molecule is CNS(=O)(=O)c1cc(C(=O)NCc2ccc(-n3ccnc3)c(F)c2)n(C)c1. The van der Waals surface area contributed by atoms with E-state index in [1.807, 2.05) is 0 Å². The predicted octanol–water partition coefficient (Wildman–Crippen LogP) is 1.19. The van der Waals surface area contributed by atoms with Gasteiger partial charge in [-0.25, -0.2) is 22.5 Å². The number of benzene rings is 1. The quantitative estimate of drug-likeness (QED) is 0.659. The molecule has 142 valence electrons. The summed E-state index contributed by atoms with van der Waals surface area (Å²) in [4.78, 5) is 16.2. The molecular formula is C17H18FN5O3S. The van der Waals surface area contributed by atoms with E-state index in [1.165, 1.54) is 36.3 Å². The van der Waals surface area contributed by atoms with Crippen molar-refractivity contribution in [3.63, 3.8) is 0 Å². The molecule has 0 atom stereocenters. The summed E-state index contributed by atoms with van der Waals surface area (Å²) in [6.07, 6.45) is 6.02. The highest BCUT2D eigenvalue weighted by Crippen LogP contribution is 2.16. The van der Waals surface area contributed by atoms with Gasteiger partial charge in [0.05, 0.1) is 12.0 Å². The lowest BCUT2D eigenvalue weighted by molar-refractivity contribution is 0.0942. The van der Waals surface area contributed by atoms with Crippen LogP contribution in [0, 0.1) is 5.82 Å². The van der Waals surface area contributed by atoms with Crippen LogP contribution >= 0.6 is 0 Å². The third-order valence-corrected chi connectivity index (χ3v) is 5.42. The number of amides is 1. The smallest absolute Gasteiger partial charge is 0.268 e. The second kappa shape index (κ2) is 7.33. The molecule has 0 fully saturated rings. The molecule has 10 heteroatoms. The van der Waals surface area contributed by atoms with Crippen molar-refractivity contribution in [2.75, 3.05) is 7.05 Å². The van der Waals surface area contributed by atoms with E-state index in [0.29, 0.717) is 11.3 Å². The van der Waals surface area contributed by atoms with E-state index in [4.69, 9.17) is 0 Å². The summed E-state index contributed by atoms with van der Waals surface area (Å²) in [6, 6.07) is 5.90. The van der Waals surface area contributed by atoms with Crippen molar-refractivity contribution in [3.8, 4) is 5.69 Å². The molecule has 2 heterocycles. The number of hydrogen-bond donors (Lipinski definition) is 2. The Hall–Kier alpha value is -2.98. The number of nitrogens with one attached hydrogen (secondary N) is 2. The minimum Gasteiger partial charge on any atom is -0.347 e. The summed E-state index contributed by atoms with van der Waals surface area (Å²) in [6.45, 7) is 0.0965. The van der Waals surface area contributed by atoms with Gasteiger partial charge in [-0.2, -0.15) is 0 Å². The lowest BCUT2D eigenvalue weighted by Gasteiger charge is -2.09. The zero-order valence-corrected chi connectivity index (χ0v) is 15.5. The highest BCUT2D eigenvalue weighted by molar-refractivity contribution is 7.89. The number of aromatic nitrogens is 3. The fourth-order valence-corrected chi connectivity index (χ4v) is 3.37. The normalized spacial score (nSPS) is 11.5. The zero-order valence-electron chi connectivity index (χ0n) is 14.7. The van der Waals surface area contributed by atoms with E-state index >= 15 is 0 Å². The lowest BCUT2D eigenvalue weighted by atomic mass is 10.2. The van der Waals surface area contributed by atoms with Gasteiger partial charge in [0, 0.05) is 32.2 Å². The van der Waals surface area contributed by atoms with E-state index < -0.39 is 21.7 Å². The van der Waals surface area contributed by atoms with Crippen molar-refractivity contribution in [2.45, 2.75) is 11.4 Å². The van der Waals surface area contributed by atoms with Crippen LogP contribution in [0.25, 0.3) is 5.69 Å². The summed E-state index contributed by atoms with van der Waals surface area (Å²) in [7, 11) is -0.772. The molecule has 1 amide bonds. The monoisotopic (exact) mass is 391 g/mol. The van der Waals surface area contributed by atoms with Crippen LogP contribution in [0.15, 0.2) is 54.1 Å². The maximum Gasteiger partial charge on any atom is 0.268 e. The number of carbonyl (C=O) groups is 1. The molecule has 0 aliphatic rings. The first-order valence-corrected chi connectivity index (χ1v) is 9.45. The minimum atomic E-state index is -3.64. The zero-order chi connectivity index (χ0) is 19.6. The molecule has 3 aromatic rings. The number of halogens is 1. The van der Waals surface area contributed by atoms with Crippen LogP contribution in [0.3, 0.4) is 0 Å². The third-order valence-electron chi connectivity index (χ3n) is 4.04. The van der Waals surface area contributed by atoms with Crippen molar-refractivity contribution < 1.29 is 17.6 Å². The second-order valence-electron chi connectivity index (χ2n) is 5.82. The van der Waals surface area contributed by atoms with Gasteiger partial charge in [0.2, 0.25) is 10.0 Å². The van der Waals surface area contributed by atoms with Gasteiger partial charge < -0.3 is 14.5 Å². The Bertz CT molecular complexity index is 1070. The number of carbonyl (C=O) groups excluding carboxylic acids is 1. The largest absolute Gasteiger partial charge is 0.347 e. The van der Waals surface area contributed by atoms with Crippen molar-refractivity contribution in [2.24, 2.45) is 7.05 Å². The number of hydrogen-bond acceptors (Lipinski definition) is 4. The number of imidazole rings is 1. The molecule has 0 saturated heterocycles. The van der Waals surface area contributed by atoms with Crippen LogP contribution in [0.5, 0.6) is 0 Å². The van der Waals surface area contributed by atoms with Crippen molar-refractivity contribution in [1.29, 1.82) is 0 Å². The second-order valence-corrected chi connectivity index (χ2v) is 7.70. The topological polar surface area (TPSA) is 98.0 Å². The minimum absolute atomic E-state index is 0.00613. The first-order valence-electron chi connectivity index (χ1n) is 7.96. The maximum absolute atomic E-state index is 14.3. The summed E-state index contributed by atoms with van der Waals surface area (Å²) in [5, 5.41) is 2.66. The van der Waals surface area contributed by atoms with Crippen LogP contribution in [-0.4, -0.2) is 35.5 Å². The number of rotatable bonds is 6. The van der Waals surface area contributed by atoms with Crippen LogP contribution in [0.1, 0.15) is 16.1 Å². The molecule has 0 aliphatic heterocycles. The summed E-state index contributed by atoms with van der Waals surface area (Å²) in [5.74, 6) is -0.907. The number of sulfonamides is 1. The summed E-state index contributed by atoms with van der Waals surface area (Å²) in [5.41, 5.74) is 1.10.